The van der Waals surface area contributed by atoms with Crippen LogP contribution in [0.25, 0.3) is 137 Å². The van der Waals surface area contributed by atoms with Crippen LogP contribution in [-0.4, -0.2) is 4.57 Å². The van der Waals surface area contributed by atoms with Crippen LogP contribution in [0.5, 0.6) is 0 Å². The summed E-state index contributed by atoms with van der Waals surface area (Å²) in [6.07, 6.45) is 0. The summed E-state index contributed by atoms with van der Waals surface area (Å²) >= 11 is 0. The van der Waals surface area contributed by atoms with Crippen LogP contribution >= 0.6 is 0 Å². The molecule has 13 aromatic carbocycles. The first-order valence-corrected chi connectivity index (χ1v) is 23.4. The summed E-state index contributed by atoms with van der Waals surface area (Å²) in [6, 6.07) is 83.8. The third kappa shape index (κ3) is 5.68. The average molecular weight is 850 g/mol. The number of nitrogens with zero attached hydrogens (tertiary/aromatic N) is 1. The lowest BCUT2D eigenvalue weighted by atomic mass is 9.86. The lowest BCUT2D eigenvalue weighted by Gasteiger charge is -2.17. The van der Waals surface area contributed by atoms with Crippen molar-refractivity contribution in [1.82, 2.24) is 4.57 Å². The molecule has 14 aromatic rings. The molecule has 1 aromatic heterocycles. The fraction of sp³-hybridized carbons (Fsp3) is 0.0303. The Morgan fingerprint density at radius 2 is 0.746 bits per heavy atom. The Labute approximate surface area is 388 Å². The minimum absolute atomic E-state index is 1.17. The number of rotatable bonds is 5. The van der Waals surface area contributed by atoms with Crippen LogP contribution in [0, 0.1) is 13.8 Å². The molecule has 0 aliphatic rings. The van der Waals surface area contributed by atoms with Crippen molar-refractivity contribution in [2.45, 2.75) is 13.8 Å². The zero-order valence-electron chi connectivity index (χ0n) is 37.3. The van der Waals surface area contributed by atoms with E-state index < -0.39 is 0 Å². The van der Waals surface area contributed by atoms with Gasteiger partial charge in [0.25, 0.3) is 0 Å². The Bertz CT molecular complexity index is 4310. The number of aryl methyl sites for hydroxylation is 2. The van der Waals surface area contributed by atoms with Crippen LogP contribution in [0.1, 0.15) is 11.1 Å². The van der Waals surface area contributed by atoms with E-state index in [4.69, 9.17) is 0 Å². The van der Waals surface area contributed by atoms with Gasteiger partial charge in [0.05, 0.1) is 11.0 Å². The van der Waals surface area contributed by atoms with Crippen LogP contribution in [0.15, 0.2) is 224 Å². The van der Waals surface area contributed by atoms with Crippen molar-refractivity contribution >= 4 is 86.4 Å². The zero-order valence-corrected chi connectivity index (χ0v) is 37.3. The Morgan fingerprint density at radius 1 is 0.269 bits per heavy atom. The summed E-state index contributed by atoms with van der Waals surface area (Å²) in [4.78, 5) is 0. The molecule has 0 N–H and O–H groups in total. The van der Waals surface area contributed by atoms with Gasteiger partial charge >= 0.3 is 0 Å². The molecule has 14 rings (SSSR count). The van der Waals surface area contributed by atoms with E-state index in [0.29, 0.717) is 0 Å². The second-order valence-corrected chi connectivity index (χ2v) is 18.5. The first-order valence-electron chi connectivity index (χ1n) is 23.4. The molecule has 312 valence electrons. The maximum absolute atomic E-state index is 2.48. The largest absolute Gasteiger partial charge is 0.309 e. The maximum atomic E-state index is 2.48. The number of aromatic nitrogens is 1. The Morgan fingerprint density at radius 3 is 1.46 bits per heavy atom. The molecule has 0 spiro atoms. The molecule has 1 nitrogen and oxygen atoms in total. The lowest BCUT2D eigenvalue weighted by molar-refractivity contribution is 1.19. The van der Waals surface area contributed by atoms with Crippen molar-refractivity contribution in [2.24, 2.45) is 0 Å². The molecule has 0 bridgehead atoms. The van der Waals surface area contributed by atoms with Gasteiger partial charge in [0, 0.05) is 21.8 Å². The highest BCUT2D eigenvalue weighted by Gasteiger charge is 2.21. The lowest BCUT2D eigenvalue weighted by Crippen LogP contribution is -1.95. The van der Waals surface area contributed by atoms with E-state index in [2.05, 4.69) is 243 Å². The van der Waals surface area contributed by atoms with Crippen LogP contribution in [0.3, 0.4) is 0 Å². The zero-order chi connectivity index (χ0) is 44.3. The smallest absolute Gasteiger partial charge is 0.0625 e. The van der Waals surface area contributed by atoms with Crippen LogP contribution < -0.4 is 0 Å². The second-order valence-electron chi connectivity index (χ2n) is 18.5. The molecule has 0 amide bonds. The highest BCUT2D eigenvalue weighted by Crippen LogP contribution is 2.46. The Balaban J connectivity index is 0.921. The molecule has 67 heavy (non-hydrogen) atoms. The summed E-state index contributed by atoms with van der Waals surface area (Å²) < 4.78 is 2.48. The molecule has 1 heteroatoms. The predicted molar refractivity (Wildman–Crippen MR) is 288 cm³/mol. The highest BCUT2D eigenvalue weighted by atomic mass is 15.0. The molecule has 0 fully saturated rings. The van der Waals surface area contributed by atoms with Crippen LogP contribution in [0.4, 0.5) is 0 Å². The van der Waals surface area contributed by atoms with Gasteiger partial charge in [-0.15, -0.1) is 0 Å². The van der Waals surface area contributed by atoms with Crippen LogP contribution in [-0.2, 0) is 0 Å². The molecule has 0 unspecified atom stereocenters. The van der Waals surface area contributed by atoms with E-state index in [1.54, 1.807) is 0 Å². The van der Waals surface area contributed by atoms with E-state index in [9.17, 15) is 0 Å². The predicted octanol–water partition coefficient (Wildman–Crippen LogP) is 18.4. The first kappa shape index (κ1) is 37.8. The van der Waals surface area contributed by atoms with Gasteiger partial charge in [0.2, 0.25) is 0 Å². The van der Waals surface area contributed by atoms with E-state index >= 15 is 0 Å². The molecule has 0 atom stereocenters. The van der Waals surface area contributed by atoms with Gasteiger partial charge in [-0.05, 0) is 159 Å². The molecule has 0 saturated carbocycles. The monoisotopic (exact) mass is 849 g/mol. The van der Waals surface area contributed by atoms with Gasteiger partial charge in [0.15, 0.2) is 0 Å². The summed E-state index contributed by atoms with van der Waals surface area (Å²) in [5.74, 6) is 0. The topological polar surface area (TPSA) is 4.93 Å². The normalized spacial score (nSPS) is 12.0. The Hall–Kier alpha value is -8.52. The van der Waals surface area contributed by atoms with Crippen molar-refractivity contribution in [3.63, 3.8) is 0 Å². The third-order valence-corrected chi connectivity index (χ3v) is 14.8. The average Bonchev–Trinajstić information content (AvgIpc) is 3.73. The van der Waals surface area contributed by atoms with E-state index in [1.165, 1.54) is 148 Å². The Kier molecular flexibility index (Phi) is 8.18. The van der Waals surface area contributed by atoms with Gasteiger partial charge in [-0.1, -0.05) is 194 Å². The SMILES string of the molecule is Cc1cc2c3cc(-c4ccc(-c5ccc6ccc7c(-c8cccc(-c9ccccc9)c8)ccc8ccc5c6c87)cc4)ccc3c3c(ccc4c5ccccc5n(-c5ccccc5)c43)c2cc1C. The van der Waals surface area contributed by atoms with E-state index in [0.717, 1.165) is 0 Å². The molecule has 0 radical (unpaired) electrons. The molecular weight excluding hydrogens is 807 g/mol. The van der Waals surface area contributed by atoms with Gasteiger partial charge in [-0.3, -0.25) is 0 Å². The van der Waals surface area contributed by atoms with Crippen molar-refractivity contribution in [3.05, 3.63) is 236 Å². The standard InChI is InChI=1S/C66H43N/c1-40-36-59-57-34-35-58-53-18-9-10-19-62(53)67(50-16-7-4-8-17-50)66(58)65(57)56-33-28-48(39-61(56)60(59)37-41(40)2)43-20-22-44(23-21-43)51-29-24-45-27-32-55-52(30-25-46-26-31-54(51)63(45)64(46)55)49-15-11-14-47(38-49)42-12-5-3-6-13-42/h3-39H,1-2H3. The molecule has 1 heterocycles. The highest BCUT2D eigenvalue weighted by molar-refractivity contribution is 6.34. The molecule has 0 saturated heterocycles. The first-order chi connectivity index (χ1) is 33.1. The van der Waals surface area contributed by atoms with Gasteiger partial charge in [-0.25, -0.2) is 0 Å². The van der Waals surface area contributed by atoms with Crippen molar-refractivity contribution < 1.29 is 0 Å². The third-order valence-electron chi connectivity index (χ3n) is 14.8. The number of hydrogen-bond acceptors (Lipinski definition) is 0. The molecule has 0 aliphatic heterocycles. The summed E-state index contributed by atoms with van der Waals surface area (Å²) in [7, 11) is 0. The van der Waals surface area contributed by atoms with Crippen molar-refractivity contribution in [2.75, 3.05) is 0 Å². The number of benzene rings is 13. The van der Waals surface area contributed by atoms with Crippen molar-refractivity contribution in [1.29, 1.82) is 0 Å². The van der Waals surface area contributed by atoms with Gasteiger partial charge in [0.1, 0.15) is 0 Å². The van der Waals surface area contributed by atoms with Gasteiger partial charge < -0.3 is 4.57 Å². The summed E-state index contributed by atoms with van der Waals surface area (Å²) in [5, 5.41) is 18.1. The van der Waals surface area contributed by atoms with E-state index in [-0.39, 0.29) is 0 Å². The van der Waals surface area contributed by atoms with Gasteiger partial charge in [-0.2, -0.15) is 0 Å². The molecular formula is C66H43N. The minimum Gasteiger partial charge on any atom is -0.309 e. The summed E-state index contributed by atoms with van der Waals surface area (Å²) in [6.45, 7) is 4.49. The van der Waals surface area contributed by atoms with E-state index in [1.807, 2.05) is 0 Å². The second kappa shape index (κ2) is 14.5. The fourth-order valence-electron chi connectivity index (χ4n) is 11.5. The number of para-hydroxylation sites is 2. The van der Waals surface area contributed by atoms with Crippen LogP contribution in [0.2, 0.25) is 0 Å². The molecule has 0 aliphatic carbocycles. The summed E-state index contributed by atoms with van der Waals surface area (Å²) in [5.41, 5.74) is 16.1. The minimum atomic E-state index is 1.17. The number of hydrogen-bond donors (Lipinski definition) is 0. The maximum Gasteiger partial charge on any atom is 0.0625 e. The fourth-order valence-corrected chi connectivity index (χ4v) is 11.5. The number of fused-ring (bicyclic) bond motifs is 10. The van der Waals surface area contributed by atoms with Crippen molar-refractivity contribution in [3.8, 4) is 50.2 Å². The quantitative estimate of drug-likeness (QED) is 0.152.